The number of rotatable bonds is 6. The van der Waals surface area contributed by atoms with E-state index in [4.69, 9.17) is 26.6 Å². The molecule has 0 aliphatic rings. The summed E-state index contributed by atoms with van der Waals surface area (Å²) in [5, 5.41) is 28.8. The normalized spacial score (nSPS) is 12.4. The molecule has 0 spiro atoms. The van der Waals surface area contributed by atoms with Crippen molar-refractivity contribution in [3.63, 3.8) is 0 Å². The molecule has 1 atom stereocenters. The summed E-state index contributed by atoms with van der Waals surface area (Å²) >= 11 is 6.07. The predicted molar refractivity (Wildman–Crippen MR) is 86.7 cm³/mol. The number of fused-ring (bicyclic) bond motifs is 1. The Labute approximate surface area is 142 Å². The van der Waals surface area contributed by atoms with Gasteiger partial charge in [-0.1, -0.05) is 11.6 Å². The molecule has 2 rings (SSSR count). The maximum atomic E-state index is 12.2. The molecule has 0 aliphatic carbocycles. The fourth-order valence-corrected chi connectivity index (χ4v) is 2.44. The van der Waals surface area contributed by atoms with Crippen LogP contribution >= 0.6 is 11.6 Å². The quantitative estimate of drug-likeness (QED) is 0.414. The van der Waals surface area contributed by atoms with Gasteiger partial charge in [-0.25, -0.2) is 4.98 Å². The van der Waals surface area contributed by atoms with E-state index in [0.717, 1.165) is 0 Å². The van der Waals surface area contributed by atoms with Crippen molar-refractivity contribution in [2.75, 3.05) is 6.61 Å². The van der Waals surface area contributed by atoms with Gasteiger partial charge < -0.3 is 20.1 Å². The highest BCUT2D eigenvalue weighted by molar-refractivity contribution is 6.35. The van der Waals surface area contributed by atoms with Crippen LogP contribution in [0.1, 0.15) is 24.3 Å². The van der Waals surface area contributed by atoms with Crippen molar-refractivity contribution in [3.05, 3.63) is 29.0 Å². The van der Waals surface area contributed by atoms with Gasteiger partial charge in [0.2, 0.25) is 5.78 Å². The molecule has 0 saturated heterocycles. The number of carboxylic acid groups (broad SMARTS) is 1. The third-order valence-corrected chi connectivity index (χ3v) is 3.59. The maximum absolute atomic E-state index is 12.2. The van der Waals surface area contributed by atoms with Gasteiger partial charge in [0, 0.05) is 10.8 Å². The maximum Gasteiger partial charge on any atom is 0.316 e. The molecule has 1 heterocycles. The van der Waals surface area contributed by atoms with Crippen molar-refractivity contribution in [3.8, 4) is 11.5 Å². The smallest absolute Gasteiger partial charge is 0.316 e. The second-order valence-electron chi connectivity index (χ2n) is 5.41. The molecule has 0 bridgehead atoms. The van der Waals surface area contributed by atoms with E-state index in [1.54, 1.807) is 12.1 Å². The largest absolute Gasteiger partial charge is 0.505 e. The van der Waals surface area contributed by atoms with E-state index < -0.39 is 35.7 Å². The van der Waals surface area contributed by atoms with Gasteiger partial charge in [-0.05, 0) is 32.0 Å². The number of benzene rings is 1. The number of carbonyl (C=O) groups is 2. The zero-order valence-electron chi connectivity index (χ0n) is 13.0. The van der Waals surface area contributed by atoms with Crippen LogP contribution in [0.3, 0.4) is 0 Å². The molecule has 0 fully saturated rings. The first-order chi connectivity index (χ1) is 11.3. The Balaban J connectivity index is 2.57. The Bertz CT molecular complexity index is 805. The number of carbonyl (C=O) groups excluding carboxylic acids is 1. The van der Waals surface area contributed by atoms with Gasteiger partial charge in [0.05, 0.1) is 12.7 Å². The molecule has 8 heteroatoms. The monoisotopic (exact) mass is 353 g/mol. The Morgan fingerprint density at radius 1 is 1.29 bits per heavy atom. The topological polar surface area (TPSA) is 117 Å². The SMILES string of the molecule is CC(C)Oc1ccc2c(O)c(C(=O)C(CO)C(=O)O)nc(Cl)c2c1. The van der Waals surface area contributed by atoms with Crippen LogP contribution in [0.4, 0.5) is 0 Å². The predicted octanol–water partition coefficient (Wildman–Crippen LogP) is 2.26. The number of aliphatic hydroxyl groups is 1. The number of pyridine rings is 1. The molecule has 24 heavy (non-hydrogen) atoms. The third kappa shape index (κ3) is 3.42. The highest BCUT2D eigenvalue weighted by Crippen LogP contribution is 2.35. The molecule has 7 nitrogen and oxygen atoms in total. The lowest BCUT2D eigenvalue weighted by atomic mass is 10.00. The number of aromatic hydroxyl groups is 1. The molecule has 3 N–H and O–H groups in total. The molecule has 1 aromatic carbocycles. The van der Waals surface area contributed by atoms with Crippen LogP contribution in [0.15, 0.2) is 18.2 Å². The first-order valence-corrected chi connectivity index (χ1v) is 7.50. The van der Waals surface area contributed by atoms with E-state index in [9.17, 15) is 14.7 Å². The summed E-state index contributed by atoms with van der Waals surface area (Å²) in [4.78, 5) is 27.0. The number of Topliss-reactive ketones (excluding diaryl/α,β-unsaturated/α-hetero) is 1. The van der Waals surface area contributed by atoms with Crippen LogP contribution in [0.5, 0.6) is 11.5 Å². The number of ether oxygens (including phenoxy) is 1. The van der Waals surface area contributed by atoms with Gasteiger partial charge in [0.1, 0.15) is 16.8 Å². The second-order valence-corrected chi connectivity index (χ2v) is 5.77. The van der Waals surface area contributed by atoms with E-state index in [-0.39, 0.29) is 16.6 Å². The number of hydrogen-bond donors (Lipinski definition) is 3. The van der Waals surface area contributed by atoms with E-state index in [1.807, 2.05) is 13.8 Å². The molecule has 2 aromatic rings. The standard InChI is InChI=1S/C16H16ClNO6/c1-7(2)24-8-3-4-9-10(5-8)15(17)18-12(13(9)20)14(21)11(6-19)16(22)23/h3-5,7,11,19-20H,6H2,1-2H3,(H,22,23). The first kappa shape index (κ1) is 18.0. The van der Waals surface area contributed by atoms with Gasteiger partial charge >= 0.3 is 5.97 Å². The Morgan fingerprint density at radius 2 is 1.96 bits per heavy atom. The number of carboxylic acids is 1. The average Bonchev–Trinajstić information content (AvgIpc) is 2.50. The van der Waals surface area contributed by atoms with Crippen molar-refractivity contribution < 1.29 is 29.6 Å². The number of halogens is 1. The molecule has 0 radical (unpaired) electrons. The Hall–Kier alpha value is -2.38. The minimum absolute atomic E-state index is 0.0653. The fraction of sp³-hybridized carbons (Fsp3) is 0.312. The molecule has 0 aliphatic heterocycles. The summed E-state index contributed by atoms with van der Waals surface area (Å²) in [6.07, 6.45) is -0.0653. The summed E-state index contributed by atoms with van der Waals surface area (Å²) in [6.45, 7) is 2.79. The number of hydrogen-bond acceptors (Lipinski definition) is 6. The Morgan fingerprint density at radius 3 is 2.50 bits per heavy atom. The Kier molecular flexibility index (Phi) is 5.26. The van der Waals surface area contributed by atoms with Crippen molar-refractivity contribution in [2.24, 2.45) is 5.92 Å². The lowest BCUT2D eigenvalue weighted by Gasteiger charge is -2.14. The summed E-state index contributed by atoms with van der Waals surface area (Å²) in [7, 11) is 0. The third-order valence-electron chi connectivity index (χ3n) is 3.31. The average molecular weight is 354 g/mol. The highest BCUT2D eigenvalue weighted by Gasteiger charge is 2.31. The summed E-state index contributed by atoms with van der Waals surface area (Å²) < 4.78 is 5.54. The van der Waals surface area contributed by atoms with Gasteiger partial charge in [0.25, 0.3) is 0 Å². The van der Waals surface area contributed by atoms with Crippen LogP contribution in [0.25, 0.3) is 10.8 Å². The van der Waals surface area contributed by atoms with Crippen molar-refractivity contribution in [1.29, 1.82) is 0 Å². The number of aromatic nitrogens is 1. The lowest BCUT2D eigenvalue weighted by Crippen LogP contribution is -2.28. The lowest BCUT2D eigenvalue weighted by molar-refractivity contribution is -0.141. The molecule has 1 aromatic heterocycles. The number of ketones is 1. The second kappa shape index (κ2) is 7.02. The zero-order chi connectivity index (χ0) is 18.0. The van der Waals surface area contributed by atoms with Crippen LogP contribution in [-0.4, -0.2) is 44.8 Å². The number of aliphatic carboxylic acids is 1. The van der Waals surface area contributed by atoms with E-state index in [1.165, 1.54) is 6.07 Å². The van der Waals surface area contributed by atoms with Crippen molar-refractivity contribution in [2.45, 2.75) is 20.0 Å². The fourth-order valence-electron chi connectivity index (χ4n) is 2.19. The van der Waals surface area contributed by atoms with Gasteiger partial charge in [-0.15, -0.1) is 0 Å². The molecule has 128 valence electrons. The molecular formula is C16H16ClNO6. The van der Waals surface area contributed by atoms with Gasteiger partial charge in [0.15, 0.2) is 11.4 Å². The van der Waals surface area contributed by atoms with E-state index >= 15 is 0 Å². The van der Waals surface area contributed by atoms with Crippen molar-refractivity contribution in [1.82, 2.24) is 4.98 Å². The highest BCUT2D eigenvalue weighted by atomic mass is 35.5. The zero-order valence-corrected chi connectivity index (χ0v) is 13.7. The van der Waals surface area contributed by atoms with Crippen LogP contribution < -0.4 is 4.74 Å². The minimum atomic E-state index is -1.72. The van der Waals surface area contributed by atoms with Crippen LogP contribution in [-0.2, 0) is 4.79 Å². The van der Waals surface area contributed by atoms with Gasteiger partial charge in [-0.3, -0.25) is 9.59 Å². The van der Waals surface area contributed by atoms with Gasteiger partial charge in [-0.2, -0.15) is 0 Å². The van der Waals surface area contributed by atoms with Crippen LogP contribution in [0, 0.1) is 5.92 Å². The number of nitrogens with zero attached hydrogens (tertiary/aromatic N) is 1. The minimum Gasteiger partial charge on any atom is -0.505 e. The molecular weight excluding hydrogens is 338 g/mol. The summed E-state index contributed by atoms with van der Waals surface area (Å²) in [6, 6.07) is 4.66. The van der Waals surface area contributed by atoms with Crippen LogP contribution in [0.2, 0.25) is 5.15 Å². The molecule has 0 amide bonds. The van der Waals surface area contributed by atoms with E-state index in [0.29, 0.717) is 11.1 Å². The summed E-state index contributed by atoms with van der Waals surface area (Å²) in [5.74, 6) is -4.23. The molecule has 1 unspecified atom stereocenters. The van der Waals surface area contributed by atoms with Crippen molar-refractivity contribution >= 4 is 34.1 Å². The van der Waals surface area contributed by atoms with E-state index in [2.05, 4.69) is 4.98 Å². The first-order valence-electron chi connectivity index (χ1n) is 7.13. The molecule has 0 saturated carbocycles. The number of aliphatic hydroxyl groups excluding tert-OH is 1. The summed E-state index contributed by atoms with van der Waals surface area (Å²) in [5.41, 5.74) is -0.494.